The predicted octanol–water partition coefficient (Wildman–Crippen LogP) is 5.49. The Labute approximate surface area is 200 Å². The molecule has 0 bridgehead atoms. The van der Waals surface area contributed by atoms with Crippen molar-refractivity contribution in [3.63, 3.8) is 0 Å². The van der Waals surface area contributed by atoms with Crippen molar-refractivity contribution in [1.29, 1.82) is 0 Å². The maximum atomic E-state index is 12.8. The van der Waals surface area contributed by atoms with Crippen molar-refractivity contribution >= 4 is 35.0 Å². The number of amides is 1. The van der Waals surface area contributed by atoms with Crippen molar-refractivity contribution in [3.05, 3.63) is 89.5 Å². The van der Waals surface area contributed by atoms with Crippen LogP contribution in [0.3, 0.4) is 0 Å². The van der Waals surface area contributed by atoms with Crippen LogP contribution in [0.5, 0.6) is 0 Å². The largest absolute Gasteiger partial charge is 0.456 e. The van der Waals surface area contributed by atoms with Gasteiger partial charge in [0.05, 0.1) is 5.69 Å². The molecule has 2 N–H and O–H groups in total. The maximum absolute atomic E-state index is 12.8. The summed E-state index contributed by atoms with van der Waals surface area (Å²) in [6.07, 6.45) is 0. The Morgan fingerprint density at radius 2 is 1.79 bits per heavy atom. The summed E-state index contributed by atoms with van der Waals surface area (Å²) in [5.41, 5.74) is 5.44. The number of hydrogen-bond donors (Lipinski definition) is 2. The molecule has 0 spiro atoms. The highest BCUT2D eigenvalue weighted by Crippen LogP contribution is 2.34. The van der Waals surface area contributed by atoms with E-state index in [1.165, 1.54) is 5.56 Å². The molecule has 0 aliphatic carbocycles. The van der Waals surface area contributed by atoms with Crippen molar-refractivity contribution in [1.82, 2.24) is 10.2 Å². The van der Waals surface area contributed by atoms with E-state index in [1.54, 1.807) is 0 Å². The minimum atomic E-state index is -0.128. The second-order valence-electron chi connectivity index (χ2n) is 8.33. The summed E-state index contributed by atoms with van der Waals surface area (Å²) in [5.74, 6) is 0.629. The molecule has 6 heteroatoms. The summed E-state index contributed by atoms with van der Waals surface area (Å²) >= 11 is 0. The summed E-state index contributed by atoms with van der Waals surface area (Å²) in [6, 6.07) is 23.7. The number of carbonyl (C=O) groups is 1. The first kappa shape index (κ1) is 23.1. The van der Waals surface area contributed by atoms with Gasteiger partial charge < -0.3 is 15.1 Å². The lowest BCUT2D eigenvalue weighted by atomic mass is 10.1. The molecule has 1 amide bonds. The third-order valence-corrected chi connectivity index (χ3v) is 5.98. The van der Waals surface area contributed by atoms with Gasteiger partial charge in [0.1, 0.15) is 11.3 Å². The number of benzene rings is 3. The Bertz CT molecular complexity index is 1260. The van der Waals surface area contributed by atoms with E-state index >= 15 is 0 Å². The van der Waals surface area contributed by atoms with Crippen LogP contribution in [-0.2, 0) is 6.54 Å². The fourth-order valence-electron chi connectivity index (χ4n) is 4.29. The van der Waals surface area contributed by atoms with Crippen LogP contribution in [0.2, 0.25) is 0 Å². The zero-order chi connectivity index (χ0) is 21.9. The highest BCUT2D eigenvalue weighted by Gasteiger charge is 2.17. The minimum absolute atomic E-state index is 0. The van der Waals surface area contributed by atoms with Gasteiger partial charge in [-0.1, -0.05) is 42.0 Å². The summed E-state index contributed by atoms with van der Waals surface area (Å²) < 4.78 is 6.25. The number of carbonyl (C=O) groups excluding carboxylic acids is 1. The number of furan rings is 1. The van der Waals surface area contributed by atoms with Crippen LogP contribution in [-0.4, -0.2) is 37.0 Å². The number of para-hydroxylation sites is 1. The second-order valence-corrected chi connectivity index (χ2v) is 8.33. The van der Waals surface area contributed by atoms with Crippen LogP contribution in [0.4, 0.5) is 5.69 Å². The molecular formula is C27H28ClN3O2. The van der Waals surface area contributed by atoms with Gasteiger partial charge in [-0.2, -0.15) is 0 Å². The standard InChI is InChI=1S/C27H27N3O2.ClH/c1-19-6-4-7-20(16-19)27(31)29-24-10-3-2-9-22(24)26-17-23-21(8-5-11-25(23)32-26)18-30-14-12-28-13-15-30;/h2-11,16-17,28H,12-15,18H2,1H3,(H,29,31);1H. The Balaban J connectivity index is 0.00000259. The number of anilines is 1. The van der Waals surface area contributed by atoms with E-state index in [4.69, 9.17) is 4.42 Å². The van der Waals surface area contributed by atoms with E-state index in [9.17, 15) is 4.79 Å². The third-order valence-electron chi connectivity index (χ3n) is 5.98. The van der Waals surface area contributed by atoms with E-state index in [0.29, 0.717) is 5.56 Å². The third kappa shape index (κ3) is 5.11. The molecule has 5 nitrogen and oxygen atoms in total. The molecule has 1 aliphatic heterocycles. The van der Waals surface area contributed by atoms with Crippen molar-refractivity contribution in [2.45, 2.75) is 13.5 Å². The molecule has 5 rings (SSSR count). The van der Waals surface area contributed by atoms with Gasteiger partial charge in [0.15, 0.2) is 0 Å². The molecule has 2 heterocycles. The molecule has 1 saturated heterocycles. The van der Waals surface area contributed by atoms with Gasteiger partial charge >= 0.3 is 0 Å². The second kappa shape index (κ2) is 10.2. The topological polar surface area (TPSA) is 57.5 Å². The first-order valence-corrected chi connectivity index (χ1v) is 11.1. The summed E-state index contributed by atoms with van der Waals surface area (Å²) in [5, 5.41) is 7.59. The van der Waals surface area contributed by atoms with E-state index in [2.05, 4.69) is 33.7 Å². The molecule has 1 fully saturated rings. The SMILES string of the molecule is Cc1cccc(C(=O)Nc2ccccc2-c2cc3c(CN4CCNCC4)cccc3o2)c1.Cl. The van der Waals surface area contributed by atoms with Crippen molar-refractivity contribution in [3.8, 4) is 11.3 Å². The quantitative estimate of drug-likeness (QED) is 0.412. The molecule has 0 atom stereocenters. The average molecular weight is 462 g/mol. The Morgan fingerprint density at radius 1 is 1.00 bits per heavy atom. The average Bonchev–Trinajstić information content (AvgIpc) is 3.25. The van der Waals surface area contributed by atoms with Gasteiger partial charge in [-0.3, -0.25) is 9.69 Å². The van der Waals surface area contributed by atoms with Crippen LogP contribution < -0.4 is 10.6 Å². The lowest BCUT2D eigenvalue weighted by Gasteiger charge is -2.27. The number of hydrogen-bond acceptors (Lipinski definition) is 4. The number of halogens is 1. The maximum Gasteiger partial charge on any atom is 0.255 e. The van der Waals surface area contributed by atoms with Crippen LogP contribution in [0.25, 0.3) is 22.3 Å². The van der Waals surface area contributed by atoms with Crippen molar-refractivity contribution in [2.75, 3.05) is 31.5 Å². The number of fused-ring (bicyclic) bond motifs is 1. The molecule has 0 unspecified atom stereocenters. The highest BCUT2D eigenvalue weighted by molar-refractivity contribution is 6.06. The van der Waals surface area contributed by atoms with Gasteiger partial charge in [0, 0.05) is 49.2 Å². The molecule has 3 aromatic carbocycles. The molecule has 1 aliphatic rings. The van der Waals surface area contributed by atoms with E-state index in [-0.39, 0.29) is 18.3 Å². The number of piperazine rings is 1. The normalized spacial score (nSPS) is 14.1. The van der Waals surface area contributed by atoms with E-state index in [1.807, 2.05) is 61.5 Å². The number of rotatable bonds is 5. The van der Waals surface area contributed by atoms with E-state index < -0.39 is 0 Å². The molecule has 170 valence electrons. The summed E-state index contributed by atoms with van der Waals surface area (Å²) in [7, 11) is 0. The number of nitrogens with one attached hydrogen (secondary N) is 2. The van der Waals surface area contributed by atoms with Gasteiger partial charge in [-0.05, 0) is 48.9 Å². The van der Waals surface area contributed by atoms with Gasteiger partial charge in [0.2, 0.25) is 0 Å². The molecular weight excluding hydrogens is 434 g/mol. The fourth-order valence-corrected chi connectivity index (χ4v) is 4.29. The fraction of sp³-hybridized carbons (Fsp3) is 0.222. The van der Waals surface area contributed by atoms with Crippen LogP contribution in [0, 0.1) is 6.92 Å². The zero-order valence-corrected chi connectivity index (χ0v) is 19.5. The lowest BCUT2D eigenvalue weighted by Crippen LogP contribution is -2.42. The molecule has 0 radical (unpaired) electrons. The Kier molecular flexibility index (Phi) is 7.14. The molecule has 0 saturated carbocycles. The summed E-state index contributed by atoms with van der Waals surface area (Å²) in [6.45, 7) is 7.05. The highest BCUT2D eigenvalue weighted by atomic mass is 35.5. The van der Waals surface area contributed by atoms with E-state index in [0.717, 1.165) is 66.3 Å². The molecule has 1 aromatic heterocycles. The van der Waals surface area contributed by atoms with Crippen LogP contribution in [0.1, 0.15) is 21.5 Å². The van der Waals surface area contributed by atoms with Crippen molar-refractivity contribution < 1.29 is 9.21 Å². The monoisotopic (exact) mass is 461 g/mol. The van der Waals surface area contributed by atoms with Gasteiger partial charge in [-0.25, -0.2) is 0 Å². The first-order chi connectivity index (χ1) is 15.7. The Hall–Kier alpha value is -3.12. The summed E-state index contributed by atoms with van der Waals surface area (Å²) in [4.78, 5) is 15.3. The number of aryl methyl sites for hydroxylation is 1. The minimum Gasteiger partial charge on any atom is -0.456 e. The Morgan fingerprint density at radius 3 is 2.61 bits per heavy atom. The van der Waals surface area contributed by atoms with Gasteiger partial charge in [-0.15, -0.1) is 12.4 Å². The van der Waals surface area contributed by atoms with Crippen molar-refractivity contribution in [2.24, 2.45) is 0 Å². The predicted molar refractivity (Wildman–Crippen MR) is 136 cm³/mol. The van der Waals surface area contributed by atoms with Crippen LogP contribution in [0.15, 0.2) is 77.2 Å². The lowest BCUT2D eigenvalue weighted by molar-refractivity contribution is 0.102. The van der Waals surface area contributed by atoms with Gasteiger partial charge in [0.25, 0.3) is 5.91 Å². The zero-order valence-electron chi connectivity index (χ0n) is 18.6. The van der Waals surface area contributed by atoms with Crippen LogP contribution >= 0.6 is 12.4 Å². The number of nitrogens with zero attached hydrogens (tertiary/aromatic N) is 1. The first-order valence-electron chi connectivity index (χ1n) is 11.1. The molecule has 4 aromatic rings. The smallest absolute Gasteiger partial charge is 0.255 e. The molecule has 33 heavy (non-hydrogen) atoms.